The number of hydrogen-bond acceptors (Lipinski definition) is 4. The molecule has 122 valence electrons. The summed E-state index contributed by atoms with van der Waals surface area (Å²) in [6.45, 7) is 7.27. The average Bonchev–Trinajstić information content (AvgIpc) is 2.79. The Hall–Kier alpha value is -1.37. The predicted molar refractivity (Wildman–Crippen MR) is 81.9 cm³/mol. The summed E-state index contributed by atoms with van der Waals surface area (Å²) < 4.78 is 35.9. The Bertz CT molecular complexity index is 536. The number of para-hydroxylation sites is 1. The van der Waals surface area contributed by atoms with Crippen molar-refractivity contribution in [1.82, 2.24) is 10.2 Å². The molecule has 2 aliphatic heterocycles. The highest BCUT2D eigenvalue weighted by atomic mass is 35.5. The highest BCUT2D eigenvalue weighted by Crippen LogP contribution is 2.46. The van der Waals surface area contributed by atoms with Crippen LogP contribution in [-0.4, -0.2) is 37.4 Å². The largest absolute Gasteiger partial charge is 0.586 e. The minimum Gasteiger partial charge on any atom is -0.395 e. The van der Waals surface area contributed by atoms with Crippen LogP contribution in [-0.2, 0) is 0 Å². The molecule has 2 heterocycles. The van der Waals surface area contributed by atoms with Gasteiger partial charge in [-0.15, -0.1) is 27.8 Å². The number of alkyl halides is 2. The van der Waals surface area contributed by atoms with Gasteiger partial charge in [-0.1, -0.05) is 18.2 Å². The first kappa shape index (κ1) is 17.0. The van der Waals surface area contributed by atoms with E-state index in [0.29, 0.717) is 6.42 Å². The molecule has 1 fully saturated rings. The van der Waals surface area contributed by atoms with E-state index in [-0.39, 0.29) is 29.9 Å². The minimum absolute atomic E-state index is 0. The standard InChI is InChI=1S/C15H18F2N2O2.ClH/c1-2-4-12(19-9-7-18-8-10-19)11-5-3-6-13-14(11)21-15(16,17)20-13;/h2-3,5-6,12,18H,1,4,7-10H2;1H/t12-;/m0./s1. The second-order valence-electron chi connectivity index (χ2n) is 5.17. The smallest absolute Gasteiger partial charge is 0.395 e. The highest BCUT2D eigenvalue weighted by Gasteiger charge is 2.45. The molecular weight excluding hydrogens is 314 g/mol. The van der Waals surface area contributed by atoms with Crippen LogP contribution in [0.1, 0.15) is 18.0 Å². The molecule has 0 aromatic heterocycles. The molecule has 1 atom stereocenters. The lowest BCUT2D eigenvalue weighted by atomic mass is 9.99. The zero-order valence-corrected chi connectivity index (χ0v) is 12.9. The molecule has 1 N–H and O–H groups in total. The zero-order valence-electron chi connectivity index (χ0n) is 12.1. The number of piperazine rings is 1. The number of halogens is 3. The number of benzene rings is 1. The fourth-order valence-corrected chi connectivity index (χ4v) is 2.88. The predicted octanol–water partition coefficient (Wildman–Crippen LogP) is 2.95. The molecule has 3 rings (SSSR count). The zero-order chi connectivity index (χ0) is 14.9. The Labute approximate surface area is 134 Å². The van der Waals surface area contributed by atoms with Crippen molar-refractivity contribution in [3.8, 4) is 11.5 Å². The number of fused-ring (bicyclic) bond motifs is 1. The van der Waals surface area contributed by atoms with E-state index in [0.717, 1.165) is 31.7 Å². The second kappa shape index (κ2) is 6.81. The van der Waals surface area contributed by atoms with E-state index in [1.54, 1.807) is 12.1 Å². The van der Waals surface area contributed by atoms with Crippen LogP contribution in [0.5, 0.6) is 11.5 Å². The van der Waals surface area contributed by atoms with Crippen LogP contribution >= 0.6 is 12.4 Å². The third-order valence-electron chi connectivity index (χ3n) is 3.80. The van der Waals surface area contributed by atoms with E-state index >= 15 is 0 Å². The van der Waals surface area contributed by atoms with Gasteiger partial charge in [-0.3, -0.25) is 4.90 Å². The molecular formula is C15H19ClF2N2O2. The summed E-state index contributed by atoms with van der Waals surface area (Å²) in [6, 6.07) is 5.01. The molecule has 4 nitrogen and oxygen atoms in total. The lowest BCUT2D eigenvalue weighted by molar-refractivity contribution is -0.287. The van der Waals surface area contributed by atoms with Gasteiger partial charge in [0.1, 0.15) is 0 Å². The van der Waals surface area contributed by atoms with E-state index in [1.807, 2.05) is 6.07 Å². The normalized spacial score (nSPS) is 21.0. The van der Waals surface area contributed by atoms with Gasteiger partial charge in [0, 0.05) is 37.8 Å². The quantitative estimate of drug-likeness (QED) is 0.860. The molecule has 0 bridgehead atoms. The Morgan fingerprint density at radius 2 is 2.05 bits per heavy atom. The second-order valence-corrected chi connectivity index (χ2v) is 5.17. The number of hydrogen-bond donors (Lipinski definition) is 1. The van der Waals surface area contributed by atoms with Crippen LogP contribution < -0.4 is 14.8 Å². The molecule has 22 heavy (non-hydrogen) atoms. The van der Waals surface area contributed by atoms with Crippen LogP contribution in [0.2, 0.25) is 0 Å². The lowest BCUT2D eigenvalue weighted by Gasteiger charge is -2.35. The number of ether oxygens (including phenoxy) is 2. The summed E-state index contributed by atoms with van der Waals surface area (Å²) in [5.41, 5.74) is 0.728. The first-order valence-electron chi connectivity index (χ1n) is 7.05. The Morgan fingerprint density at radius 3 is 2.73 bits per heavy atom. The van der Waals surface area contributed by atoms with Crippen molar-refractivity contribution < 1.29 is 18.3 Å². The molecule has 0 spiro atoms. The first-order valence-corrected chi connectivity index (χ1v) is 7.05. The number of nitrogens with zero attached hydrogens (tertiary/aromatic N) is 1. The van der Waals surface area contributed by atoms with Gasteiger partial charge in [-0.05, 0) is 12.5 Å². The Balaban J connectivity index is 0.00000176. The number of rotatable bonds is 4. The van der Waals surface area contributed by atoms with Gasteiger partial charge in [0.15, 0.2) is 11.5 Å². The van der Waals surface area contributed by atoms with Gasteiger partial charge in [0.2, 0.25) is 0 Å². The third kappa shape index (κ3) is 3.34. The van der Waals surface area contributed by atoms with Gasteiger partial charge in [-0.25, -0.2) is 0 Å². The molecule has 0 aliphatic carbocycles. The molecule has 7 heteroatoms. The van der Waals surface area contributed by atoms with Crippen molar-refractivity contribution >= 4 is 12.4 Å². The highest BCUT2D eigenvalue weighted by molar-refractivity contribution is 5.85. The Kier molecular flexibility index (Phi) is 5.26. The van der Waals surface area contributed by atoms with Crippen LogP contribution in [0, 0.1) is 0 Å². The fourth-order valence-electron chi connectivity index (χ4n) is 2.88. The maximum Gasteiger partial charge on any atom is 0.586 e. The summed E-state index contributed by atoms with van der Waals surface area (Å²) >= 11 is 0. The monoisotopic (exact) mass is 332 g/mol. The van der Waals surface area contributed by atoms with E-state index in [2.05, 4.69) is 21.5 Å². The summed E-state index contributed by atoms with van der Waals surface area (Å²) in [4.78, 5) is 2.26. The SMILES string of the molecule is C=CC[C@@H](c1cccc2c1OC(F)(F)O2)N1CCNCC1.Cl. The summed E-state index contributed by atoms with van der Waals surface area (Å²) in [5, 5.41) is 3.29. The average molecular weight is 333 g/mol. The van der Waals surface area contributed by atoms with Gasteiger partial charge in [0.05, 0.1) is 0 Å². The van der Waals surface area contributed by atoms with E-state index in [4.69, 9.17) is 4.74 Å². The van der Waals surface area contributed by atoms with Gasteiger partial charge < -0.3 is 14.8 Å². The maximum absolute atomic E-state index is 13.3. The van der Waals surface area contributed by atoms with E-state index in [1.165, 1.54) is 6.07 Å². The number of nitrogens with one attached hydrogen (secondary N) is 1. The first-order chi connectivity index (χ1) is 10.1. The van der Waals surface area contributed by atoms with Crippen molar-refractivity contribution in [3.05, 3.63) is 36.4 Å². The summed E-state index contributed by atoms with van der Waals surface area (Å²) in [7, 11) is 0. The Morgan fingerprint density at radius 1 is 1.32 bits per heavy atom. The van der Waals surface area contributed by atoms with E-state index in [9.17, 15) is 8.78 Å². The van der Waals surface area contributed by atoms with Crippen LogP contribution in [0.4, 0.5) is 8.78 Å². The van der Waals surface area contributed by atoms with Gasteiger partial charge in [-0.2, -0.15) is 0 Å². The summed E-state index contributed by atoms with van der Waals surface area (Å²) in [6.07, 6.45) is -1.11. The van der Waals surface area contributed by atoms with E-state index < -0.39 is 6.29 Å². The van der Waals surface area contributed by atoms with Crippen molar-refractivity contribution in [2.45, 2.75) is 18.8 Å². The van der Waals surface area contributed by atoms with Gasteiger partial charge in [0.25, 0.3) is 0 Å². The van der Waals surface area contributed by atoms with Crippen molar-refractivity contribution in [1.29, 1.82) is 0 Å². The molecule has 0 radical (unpaired) electrons. The molecule has 1 aromatic carbocycles. The van der Waals surface area contributed by atoms with Crippen molar-refractivity contribution in [2.24, 2.45) is 0 Å². The minimum atomic E-state index is -3.58. The lowest BCUT2D eigenvalue weighted by Crippen LogP contribution is -2.45. The summed E-state index contributed by atoms with van der Waals surface area (Å²) in [5.74, 6) is 0.245. The molecule has 1 saturated heterocycles. The molecule has 1 aromatic rings. The molecule has 0 saturated carbocycles. The molecule has 0 unspecified atom stereocenters. The topological polar surface area (TPSA) is 33.7 Å². The van der Waals surface area contributed by atoms with Crippen LogP contribution in [0.15, 0.2) is 30.9 Å². The molecule has 0 amide bonds. The third-order valence-corrected chi connectivity index (χ3v) is 3.80. The fraction of sp³-hybridized carbons (Fsp3) is 0.467. The van der Waals surface area contributed by atoms with Crippen LogP contribution in [0.3, 0.4) is 0 Å². The van der Waals surface area contributed by atoms with Crippen molar-refractivity contribution in [2.75, 3.05) is 26.2 Å². The maximum atomic E-state index is 13.3. The van der Waals surface area contributed by atoms with Crippen molar-refractivity contribution in [3.63, 3.8) is 0 Å². The molecule has 2 aliphatic rings. The van der Waals surface area contributed by atoms with Crippen LogP contribution in [0.25, 0.3) is 0 Å². The van der Waals surface area contributed by atoms with Gasteiger partial charge >= 0.3 is 6.29 Å².